The molecule has 3 heterocycles. The first-order chi connectivity index (χ1) is 22.4. The summed E-state index contributed by atoms with van der Waals surface area (Å²) in [5, 5.41) is 20.4. The summed E-state index contributed by atoms with van der Waals surface area (Å²) in [5.74, 6) is 1.39. The quantitative estimate of drug-likeness (QED) is 0.232. The van der Waals surface area contributed by atoms with Gasteiger partial charge in [0.05, 0.1) is 8.07 Å². The molecule has 5 rings (SSSR count). The van der Waals surface area contributed by atoms with Crippen LogP contribution in [0.25, 0.3) is 11.6 Å². The number of anilines is 1. The smallest absolute Gasteiger partial charge is 0.139 e. The molecule has 0 spiro atoms. The third-order valence-electron chi connectivity index (χ3n) is 11.3. The maximum Gasteiger partial charge on any atom is 0.139 e. The number of ether oxygens (including phenoxy) is 1. The summed E-state index contributed by atoms with van der Waals surface area (Å²) >= 11 is 0. The van der Waals surface area contributed by atoms with Crippen LogP contribution in [0.15, 0.2) is 47.7 Å². The number of rotatable bonds is 5. The van der Waals surface area contributed by atoms with E-state index in [4.69, 9.17) is 4.74 Å². The van der Waals surface area contributed by atoms with Gasteiger partial charge in [0.15, 0.2) is 0 Å². The van der Waals surface area contributed by atoms with E-state index in [1.54, 1.807) is 5.56 Å². The van der Waals surface area contributed by atoms with Gasteiger partial charge in [-0.2, -0.15) is 10.5 Å². The molecule has 0 saturated heterocycles. The Bertz CT molecular complexity index is 1840. The van der Waals surface area contributed by atoms with E-state index in [9.17, 15) is 10.5 Å². The van der Waals surface area contributed by atoms with E-state index in [1.807, 2.05) is 6.08 Å². The molecule has 0 radical (unpaired) electrons. The number of benzene rings is 2. The van der Waals surface area contributed by atoms with Gasteiger partial charge in [-0.05, 0) is 86.7 Å². The van der Waals surface area contributed by atoms with Crippen molar-refractivity contribution in [1.82, 2.24) is 0 Å². The summed E-state index contributed by atoms with van der Waals surface area (Å²) in [6.45, 7) is 35.7. The molecule has 0 aliphatic carbocycles. The van der Waals surface area contributed by atoms with Crippen molar-refractivity contribution in [3.63, 3.8) is 0 Å². The van der Waals surface area contributed by atoms with Crippen LogP contribution in [0.2, 0.25) is 45.3 Å². The van der Waals surface area contributed by atoms with Crippen LogP contribution in [-0.4, -0.2) is 29.2 Å². The molecule has 0 amide bonds. The molecule has 2 aromatic carbocycles. The van der Waals surface area contributed by atoms with Gasteiger partial charge >= 0.3 is 0 Å². The number of nitrogens with zero attached hydrogens (tertiary/aromatic N) is 3. The predicted octanol–water partition coefficient (Wildman–Crippen LogP) is 11.4. The zero-order valence-electron chi connectivity index (χ0n) is 32.8. The zero-order chi connectivity index (χ0) is 36.5. The first-order valence-electron chi connectivity index (χ1n) is 18.2. The molecule has 1 atom stereocenters. The van der Waals surface area contributed by atoms with Gasteiger partial charge in [-0.25, -0.2) is 0 Å². The molecule has 0 aromatic heterocycles. The van der Waals surface area contributed by atoms with Crippen molar-refractivity contribution in [2.75, 3.05) is 18.0 Å². The van der Waals surface area contributed by atoms with Crippen LogP contribution in [0.5, 0.6) is 5.75 Å². The zero-order valence-corrected chi connectivity index (χ0v) is 34.8. The van der Waals surface area contributed by atoms with Gasteiger partial charge < -0.3 is 9.64 Å². The van der Waals surface area contributed by atoms with Gasteiger partial charge in [0.25, 0.3) is 0 Å². The van der Waals surface area contributed by atoms with Crippen molar-refractivity contribution in [2.24, 2.45) is 0 Å². The molecule has 0 fully saturated rings. The Morgan fingerprint density at radius 3 is 2.02 bits per heavy atom. The van der Waals surface area contributed by atoms with Gasteiger partial charge in [0.1, 0.15) is 29.2 Å². The lowest BCUT2D eigenvalue weighted by atomic mass is 9.73. The lowest BCUT2D eigenvalue weighted by molar-refractivity contribution is 0.418. The second-order valence-electron chi connectivity index (χ2n) is 19.8. The predicted molar refractivity (Wildman–Crippen MR) is 214 cm³/mol. The van der Waals surface area contributed by atoms with Gasteiger partial charge in [-0.15, -0.1) is 0 Å². The summed E-state index contributed by atoms with van der Waals surface area (Å²) in [6.07, 6.45) is 8.54. The van der Waals surface area contributed by atoms with Crippen LogP contribution in [0.1, 0.15) is 102 Å². The molecule has 6 heteroatoms. The van der Waals surface area contributed by atoms with Crippen molar-refractivity contribution in [3.8, 4) is 17.9 Å². The molecule has 0 N–H and O–H groups in total. The lowest BCUT2D eigenvalue weighted by Gasteiger charge is -2.56. The lowest BCUT2D eigenvalue weighted by Crippen LogP contribution is -2.58. The minimum absolute atomic E-state index is 0.0857. The normalized spacial score (nSPS) is 20.5. The van der Waals surface area contributed by atoms with E-state index < -0.39 is 16.1 Å². The van der Waals surface area contributed by atoms with Crippen LogP contribution in [0.3, 0.4) is 0 Å². The number of hydrogen-bond donors (Lipinski definition) is 0. The molecule has 260 valence electrons. The fourth-order valence-electron chi connectivity index (χ4n) is 8.36. The number of hydrogen-bond acceptors (Lipinski definition) is 4. The first kappa shape index (κ1) is 36.9. The van der Waals surface area contributed by atoms with Gasteiger partial charge in [-0.3, -0.25) is 0 Å². The van der Waals surface area contributed by atoms with E-state index in [-0.39, 0.29) is 26.9 Å². The third kappa shape index (κ3) is 6.89. The first-order valence-corrected chi connectivity index (χ1v) is 25.4. The Kier molecular flexibility index (Phi) is 9.18. The second-order valence-corrected chi connectivity index (χ2v) is 30.7. The molecule has 49 heavy (non-hydrogen) atoms. The highest BCUT2D eigenvalue weighted by molar-refractivity contribution is 6.83. The summed E-state index contributed by atoms with van der Waals surface area (Å²) in [4.78, 5) is 2.69. The largest absolute Gasteiger partial charge is 0.456 e. The topological polar surface area (TPSA) is 60.0 Å². The minimum Gasteiger partial charge on any atom is -0.456 e. The average molecular weight is 690 g/mol. The molecule has 0 bridgehead atoms. The SMILES string of the molecule is CC(C)(C)c1cc2c(c(C(C)(C)C)c1)OC(/C=C/c1cc3c4c(c1)C(C[Si](C)(C)C)([Si](C)(C)C)CCN4CCC3(C)C)=CC2=C(C#N)C#N. The van der Waals surface area contributed by atoms with Crippen molar-refractivity contribution >= 4 is 33.5 Å². The molecule has 1 unspecified atom stereocenters. The summed E-state index contributed by atoms with van der Waals surface area (Å²) < 4.78 is 6.77. The molecule has 0 saturated carbocycles. The maximum absolute atomic E-state index is 10.1. The second kappa shape index (κ2) is 12.2. The van der Waals surface area contributed by atoms with Crippen LogP contribution >= 0.6 is 0 Å². The molecule has 3 aliphatic heterocycles. The Morgan fingerprint density at radius 2 is 1.47 bits per heavy atom. The fourth-order valence-corrected chi connectivity index (χ4v) is 16.1. The minimum atomic E-state index is -1.67. The molecule has 4 nitrogen and oxygen atoms in total. The van der Waals surface area contributed by atoms with E-state index in [1.165, 1.54) is 29.3 Å². The molecule has 3 aliphatic rings. The highest BCUT2D eigenvalue weighted by atomic mass is 28.3. The van der Waals surface area contributed by atoms with Gasteiger partial charge in [0.2, 0.25) is 0 Å². The monoisotopic (exact) mass is 689 g/mol. The highest BCUT2D eigenvalue weighted by Gasteiger charge is 2.52. The van der Waals surface area contributed by atoms with E-state index in [2.05, 4.69) is 148 Å². The van der Waals surface area contributed by atoms with Crippen molar-refractivity contribution < 1.29 is 4.74 Å². The van der Waals surface area contributed by atoms with E-state index >= 15 is 0 Å². The Balaban J connectivity index is 1.72. The highest BCUT2D eigenvalue weighted by Crippen LogP contribution is 2.55. The summed E-state index contributed by atoms with van der Waals surface area (Å²) in [6, 6.07) is 15.0. The van der Waals surface area contributed by atoms with E-state index in [0.717, 1.165) is 42.0 Å². The van der Waals surface area contributed by atoms with Crippen molar-refractivity contribution in [3.05, 3.63) is 81.1 Å². The van der Waals surface area contributed by atoms with Crippen molar-refractivity contribution in [2.45, 2.75) is 135 Å². The van der Waals surface area contributed by atoms with Gasteiger partial charge in [-0.1, -0.05) is 113 Å². The third-order valence-corrected chi connectivity index (χ3v) is 16.9. The number of nitriles is 2. The fraction of sp³-hybridized carbons (Fsp3) is 0.535. The van der Waals surface area contributed by atoms with Crippen LogP contribution < -0.4 is 9.64 Å². The molecule has 2 aromatic rings. The average Bonchev–Trinajstić information content (AvgIpc) is 2.96. The van der Waals surface area contributed by atoms with Crippen LogP contribution in [0.4, 0.5) is 5.69 Å². The van der Waals surface area contributed by atoms with E-state index in [0.29, 0.717) is 11.3 Å². The number of fused-ring (bicyclic) bond motifs is 1. The van der Waals surface area contributed by atoms with Crippen LogP contribution in [0, 0.1) is 22.7 Å². The molecular formula is C43H59N3OSi2. The molecular weight excluding hydrogens is 631 g/mol. The summed E-state index contributed by atoms with van der Waals surface area (Å²) in [7, 11) is -3.08. The number of allylic oxidation sites excluding steroid dienone is 4. The Labute approximate surface area is 299 Å². The van der Waals surface area contributed by atoms with Crippen LogP contribution in [-0.2, 0) is 21.3 Å². The van der Waals surface area contributed by atoms with Gasteiger partial charge in [0, 0.05) is 43.6 Å². The Hall–Kier alpha value is -3.33. The van der Waals surface area contributed by atoms with Crippen molar-refractivity contribution in [1.29, 1.82) is 10.5 Å². The summed E-state index contributed by atoms with van der Waals surface area (Å²) in [5.41, 5.74) is 9.32. The Morgan fingerprint density at radius 1 is 0.857 bits per heavy atom. The standard InChI is InChI=1S/C43H59N3OSi2/c1-40(2,3)31-23-34-33(30(26-44)27-45)25-32(47-39(34)37(24-31)41(4,5)6)16-15-29-21-35-38-36(22-29)43(49(12,13)14,28-48(9,10)11)18-20-46(38)19-17-42(35,7)8/h15-16,21-25H,17-20,28H2,1-14H3/b16-15+. The maximum atomic E-state index is 10.1.